The zero-order valence-electron chi connectivity index (χ0n) is 17.4. The second kappa shape index (κ2) is 10.6. The average Bonchev–Trinajstić information content (AvgIpc) is 2.79. The van der Waals surface area contributed by atoms with E-state index in [4.69, 9.17) is 0 Å². The molecule has 0 saturated heterocycles. The van der Waals surface area contributed by atoms with Crippen molar-refractivity contribution in [3.63, 3.8) is 0 Å². The summed E-state index contributed by atoms with van der Waals surface area (Å²) in [7, 11) is 0. The number of nitrogens with one attached hydrogen (secondary N) is 2. The molecule has 0 unspecified atom stereocenters. The van der Waals surface area contributed by atoms with Gasteiger partial charge in [-0.05, 0) is 29.7 Å². The zero-order valence-corrected chi connectivity index (χ0v) is 17.4. The van der Waals surface area contributed by atoms with E-state index >= 15 is 0 Å². The minimum Gasteiger partial charge on any atom is -0.326 e. The Morgan fingerprint density at radius 2 is 1.59 bits per heavy atom. The van der Waals surface area contributed by atoms with Crippen molar-refractivity contribution < 1.29 is 14.5 Å². The number of carbonyl (C=O) groups excluding carboxylic acids is 2. The number of anilines is 1. The van der Waals surface area contributed by atoms with Crippen LogP contribution in [0.3, 0.4) is 0 Å². The van der Waals surface area contributed by atoms with Crippen molar-refractivity contribution >= 4 is 28.9 Å². The third-order valence-corrected chi connectivity index (χ3v) is 4.55. The molecule has 0 aliphatic carbocycles. The van der Waals surface area contributed by atoms with Crippen LogP contribution in [0.4, 0.5) is 11.4 Å². The molecule has 0 aliphatic rings. The molecule has 3 aromatic carbocycles. The van der Waals surface area contributed by atoms with E-state index in [0.29, 0.717) is 11.4 Å². The minimum atomic E-state index is -0.535. The first-order valence-corrected chi connectivity index (χ1v) is 9.91. The molecule has 0 radical (unpaired) electrons. The van der Waals surface area contributed by atoms with Gasteiger partial charge in [-0.15, -0.1) is 0 Å². The highest BCUT2D eigenvalue weighted by molar-refractivity contribution is 6.05. The van der Waals surface area contributed by atoms with Crippen LogP contribution in [0, 0.1) is 10.1 Å². The Morgan fingerprint density at radius 1 is 0.906 bits per heavy atom. The highest BCUT2D eigenvalue weighted by atomic mass is 16.6. The van der Waals surface area contributed by atoms with Crippen molar-refractivity contribution in [2.24, 2.45) is 5.10 Å². The fourth-order valence-corrected chi connectivity index (χ4v) is 3.00. The Bertz CT molecular complexity index is 1140. The van der Waals surface area contributed by atoms with Gasteiger partial charge in [0.2, 0.25) is 11.8 Å². The van der Waals surface area contributed by atoms with Crippen LogP contribution in [0.25, 0.3) is 11.1 Å². The third-order valence-electron chi connectivity index (χ3n) is 4.55. The predicted octanol–water partition coefficient (Wildman–Crippen LogP) is 4.33. The molecule has 0 heterocycles. The number of nitro benzene ring substituents is 1. The van der Waals surface area contributed by atoms with Gasteiger partial charge in [0, 0.05) is 23.5 Å². The molecule has 32 heavy (non-hydrogen) atoms. The van der Waals surface area contributed by atoms with Gasteiger partial charge in [0.15, 0.2) is 0 Å². The Balaban J connectivity index is 1.49. The van der Waals surface area contributed by atoms with Crippen LogP contribution in [-0.4, -0.2) is 22.4 Å². The molecule has 3 rings (SSSR count). The molecule has 2 N–H and O–H groups in total. The molecular formula is C24H22N4O4. The molecule has 3 aromatic rings. The van der Waals surface area contributed by atoms with Gasteiger partial charge in [-0.1, -0.05) is 60.7 Å². The highest BCUT2D eigenvalue weighted by Crippen LogP contribution is 2.19. The van der Waals surface area contributed by atoms with Gasteiger partial charge in [0.05, 0.1) is 17.8 Å². The van der Waals surface area contributed by atoms with Gasteiger partial charge in [-0.3, -0.25) is 19.7 Å². The monoisotopic (exact) mass is 430 g/mol. The molecule has 0 spiro atoms. The van der Waals surface area contributed by atoms with E-state index in [1.54, 1.807) is 13.0 Å². The van der Waals surface area contributed by atoms with Crippen molar-refractivity contribution in [3.05, 3.63) is 94.5 Å². The molecule has 0 aromatic heterocycles. The Kier molecular flexibility index (Phi) is 7.42. The predicted molar refractivity (Wildman–Crippen MR) is 123 cm³/mol. The van der Waals surface area contributed by atoms with E-state index in [0.717, 1.165) is 16.7 Å². The first-order chi connectivity index (χ1) is 15.4. The molecule has 0 fully saturated rings. The molecule has 0 atom stereocenters. The van der Waals surface area contributed by atoms with Crippen molar-refractivity contribution in [2.45, 2.75) is 19.8 Å². The number of carbonyl (C=O) groups is 2. The summed E-state index contributed by atoms with van der Waals surface area (Å²) in [5, 5.41) is 17.4. The van der Waals surface area contributed by atoms with E-state index in [1.807, 2.05) is 54.6 Å². The summed E-state index contributed by atoms with van der Waals surface area (Å²) < 4.78 is 0. The lowest BCUT2D eigenvalue weighted by atomic mass is 10.0. The summed E-state index contributed by atoms with van der Waals surface area (Å²) in [5.41, 5.74) is 6.08. The Labute approximate surface area is 185 Å². The molecular weight excluding hydrogens is 408 g/mol. The summed E-state index contributed by atoms with van der Waals surface area (Å²) >= 11 is 0. The normalized spacial score (nSPS) is 11.0. The van der Waals surface area contributed by atoms with Crippen LogP contribution in [0.5, 0.6) is 0 Å². The number of hydrogen-bond donors (Lipinski definition) is 2. The summed E-state index contributed by atoms with van der Waals surface area (Å²) in [4.78, 5) is 34.6. The lowest BCUT2D eigenvalue weighted by Crippen LogP contribution is -2.22. The number of non-ortho nitro benzene ring substituents is 1. The smallest absolute Gasteiger partial charge is 0.271 e. The maximum atomic E-state index is 12.2. The Morgan fingerprint density at radius 3 is 2.28 bits per heavy atom. The lowest BCUT2D eigenvalue weighted by molar-refractivity contribution is -0.384. The maximum absolute atomic E-state index is 12.2. The van der Waals surface area contributed by atoms with Gasteiger partial charge >= 0.3 is 0 Å². The first kappa shape index (κ1) is 22.4. The quantitative estimate of drug-likeness (QED) is 0.315. The SMILES string of the molecule is C/C(CC(=O)Nc1cccc([N+](=O)[O-])c1)=N/NC(=O)Cc1ccc(-c2ccccc2)cc1. The van der Waals surface area contributed by atoms with Crippen LogP contribution in [-0.2, 0) is 16.0 Å². The fourth-order valence-electron chi connectivity index (χ4n) is 3.00. The lowest BCUT2D eigenvalue weighted by Gasteiger charge is -2.06. The molecule has 0 bridgehead atoms. The number of amides is 2. The minimum absolute atomic E-state index is 0.0608. The highest BCUT2D eigenvalue weighted by Gasteiger charge is 2.10. The summed E-state index contributed by atoms with van der Waals surface area (Å²) in [5.74, 6) is -0.687. The largest absolute Gasteiger partial charge is 0.326 e. The van der Waals surface area contributed by atoms with Gasteiger partial charge in [0.25, 0.3) is 5.69 Å². The van der Waals surface area contributed by atoms with Crippen LogP contribution in [0.15, 0.2) is 84.0 Å². The van der Waals surface area contributed by atoms with Crippen molar-refractivity contribution in [1.29, 1.82) is 0 Å². The topological polar surface area (TPSA) is 114 Å². The number of hydrogen-bond acceptors (Lipinski definition) is 5. The van der Waals surface area contributed by atoms with Crippen molar-refractivity contribution in [3.8, 4) is 11.1 Å². The summed E-state index contributed by atoms with van der Waals surface area (Å²) in [6, 6.07) is 23.3. The number of nitrogens with zero attached hydrogens (tertiary/aromatic N) is 2. The van der Waals surface area contributed by atoms with E-state index in [2.05, 4.69) is 15.8 Å². The van der Waals surface area contributed by atoms with E-state index in [9.17, 15) is 19.7 Å². The molecule has 162 valence electrons. The molecule has 0 aliphatic heterocycles. The van der Waals surface area contributed by atoms with Crippen molar-refractivity contribution in [1.82, 2.24) is 5.43 Å². The van der Waals surface area contributed by atoms with E-state index in [-0.39, 0.29) is 24.4 Å². The van der Waals surface area contributed by atoms with Gasteiger partial charge < -0.3 is 5.32 Å². The number of benzene rings is 3. The first-order valence-electron chi connectivity index (χ1n) is 9.91. The second-order valence-electron chi connectivity index (χ2n) is 7.15. The van der Waals surface area contributed by atoms with Gasteiger partial charge in [-0.25, -0.2) is 5.43 Å². The number of rotatable bonds is 8. The molecule has 8 nitrogen and oxygen atoms in total. The number of nitro groups is 1. The summed E-state index contributed by atoms with van der Waals surface area (Å²) in [6.07, 6.45) is 0.0977. The number of hydrazone groups is 1. The second-order valence-corrected chi connectivity index (χ2v) is 7.15. The molecule has 2 amide bonds. The van der Waals surface area contributed by atoms with Crippen LogP contribution in [0.1, 0.15) is 18.9 Å². The van der Waals surface area contributed by atoms with Gasteiger partial charge in [0.1, 0.15) is 0 Å². The third kappa shape index (κ3) is 6.60. The summed E-state index contributed by atoms with van der Waals surface area (Å²) in [6.45, 7) is 1.61. The van der Waals surface area contributed by atoms with Crippen LogP contribution >= 0.6 is 0 Å². The van der Waals surface area contributed by atoms with E-state index < -0.39 is 10.8 Å². The zero-order chi connectivity index (χ0) is 22.9. The van der Waals surface area contributed by atoms with Gasteiger partial charge in [-0.2, -0.15) is 5.10 Å². The van der Waals surface area contributed by atoms with Crippen LogP contribution in [0.2, 0.25) is 0 Å². The maximum Gasteiger partial charge on any atom is 0.271 e. The standard InChI is InChI=1S/C24H22N4O4/c1-17(14-23(29)25-21-8-5-9-22(16-21)28(31)32)26-27-24(30)15-18-10-12-20(13-11-18)19-6-3-2-4-7-19/h2-13,16H,14-15H2,1H3,(H,25,29)(H,27,30)/b26-17-. The molecule has 8 heteroatoms. The average molecular weight is 430 g/mol. The van der Waals surface area contributed by atoms with Crippen molar-refractivity contribution in [2.75, 3.05) is 5.32 Å². The van der Waals surface area contributed by atoms with Crippen LogP contribution < -0.4 is 10.7 Å². The fraction of sp³-hybridized carbons (Fsp3) is 0.125. The Hall–Kier alpha value is -4.33. The van der Waals surface area contributed by atoms with E-state index in [1.165, 1.54) is 18.2 Å². The molecule has 0 saturated carbocycles.